The number of hydrogen-bond acceptors (Lipinski definition) is 4. The highest BCUT2D eigenvalue weighted by molar-refractivity contribution is 6.39. The second-order valence-corrected chi connectivity index (χ2v) is 4.60. The number of benzene rings is 1. The maximum atomic E-state index is 13.0. The molecule has 0 atom stereocenters. The first-order chi connectivity index (χ1) is 9.49. The normalized spacial score (nSPS) is 10.3. The van der Waals surface area contributed by atoms with Gasteiger partial charge in [-0.25, -0.2) is 19.2 Å². The number of anilines is 1. The number of nitrogens with one attached hydrogen (secondary N) is 1. The van der Waals surface area contributed by atoms with Gasteiger partial charge in [0.15, 0.2) is 0 Å². The van der Waals surface area contributed by atoms with Crippen LogP contribution in [0.5, 0.6) is 0 Å². The lowest BCUT2D eigenvalue weighted by Gasteiger charge is -2.11. The maximum absolute atomic E-state index is 13.0. The molecule has 0 amide bonds. The van der Waals surface area contributed by atoms with Crippen LogP contribution in [0.15, 0.2) is 24.7 Å². The van der Waals surface area contributed by atoms with Crippen LogP contribution in [0.3, 0.4) is 0 Å². The van der Waals surface area contributed by atoms with Crippen LogP contribution in [0.2, 0.25) is 10.0 Å². The Morgan fingerprint density at radius 1 is 1.35 bits per heavy atom. The predicted octanol–water partition coefficient (Wildman–Crippen LogP) is 3.23. The molecule has 104 valence electrons. The van der Waals surface area contributed by atoms with Gasteiger partial charge in [-0.3, -0.25) is 0 Å². The second-order valence-electron chi connectivity index (χ2n) is 3.79. The summed E-state index contributed by atoms with van der Waals surface area (Å²) in [6.45, 7) is 0.0647. The van der Waals surface area contributed by atoms with Gasteiger partial charge in [0.1, 0.15) is 17.7 Å². The van der Waals surface area contributed by atoms with Crippen LogP contribution in [0.4, 0.5) is 10.1 Å². The Balaban J connectivity index is 2.24. The third-order valence-electron chi connectivity index (χ3n) is 2.46. The molecular formula is C12H8Cl2FN3O2. The third-order valence-corrected chi connectivity index (χ3v) is 3.06. The molecule has 5 nitrogen and oxygen atoms in total. The molecule has 0 aliphatic rings. The van der Waals surface area contributed by atoms with Gasteiger partial charge in [-0.15, -0.1) is 0 Å². The zero-order chi connectivity index (χ0) is 14.7. The number of carbonyl (C=O) groups is 1. The highest BCUT2D eigenvalue weighted by Gasteiger charge is 2.13. The molecular weight excluding hydrogens is 308 g/mol. The van der Waals surface area contributed by atoms with E-state index in [-0.39, 0.29) is 27.8 Å². The van der Waals surface area contributed by atoms with Gasteiger partial charge in [-0.05, 0) is 12.1 Å². The van der Waals surface area contributed by atoms with Gasteiger partial charge in [0.25, 0.3) is 0 Å². The van der Waals surface area contributed by atoms with Gasteiger partial charge in [0.05, 0.1) is 28.0 Å². The highest BCUT2D eigenvalue weighted by atomic mass is 35.5. The van der Waals surface area contributed by atoms with Gasteiger partial charge in [0.2, 0.25) is 0 Å². The summed E-state index contributed by atoms with van der Waals surface area (Å²) in [4.78, 5) is 18.5. The zero-order valence-corrected chi connectivity index (χ0v) is 11.4. The Hall–Kier alpha value is -1.92. The molecule has 0 saturated carbocycles. The second kappa shape index (κ2) is 6.02. The first-order valence-corrected chi connectivity index (χ1v) is 6.15. The third kappa shape index (κ3) is 3.15. The average molecular weight is 316 g/mol. The van der Waals surface area contributed by atoms with Gasteiger partial charge in [-0.2, -0.15) is 0 Å². The molecule has 2 rings (SSSR count). The SMILES string of the molecule is O=C(O)c1cncnc1CNc1c(Cl)cc(F)cc1Cl. The van der Waals surface area contributed by atoms with Crippen molar-refractivity contribution in [2.24, 2.45) is 0 Å². The topological polar surface area (TPSA) is 75.1 Å². The summed E-state index contributed by atoms with van der Waals surface area (Å²) in [5.41, 5.74) is 0.544. The molecule has 1 aromatic heterocycles. The molecule has 0 spiro atoms. The molecule has 0 aliphatic carbocycles. The standard InChI is InChI=1S/C12H8Cl2FN3O2/c13-8-1-6(15)2-9(14)11(8)17-4-10-7(12(19)20)3-16-5-18-10/h1-3,5,17H,4H2,(H,19,20). The number of carboxylic acid groups (broad SMARTS) is 1. The quantitative estimate of drug-likeness (QED) is 0.906. The Bertz CT molecular complexity index is 644. The molecule has 1 aromatic carbocycles. The summed E-state index contributed by atoms with van der Waals surface area (Å²) in [5, 5.41) is 12.0. The number of halogens is 3. The van der Waals surface area contributed by atoms with Crippen molar-refractivity contribution in [1.29, 1.82) is 0 Å². The number of nitrogens with zero attached hydrogens (tertiary/aromatic N) is 2. The molecule has 20 heavy (non-hydrogen) atoms. The molecule has 0 bridgehead atoms. The lowest BCUT2D eigenvalue weighted by molar-refractivity contribution is 0.0694. The largest absolute Gasteiger partial charge is 0.478 e. The summed E-state index contributed by atoms with van der Waals surface area (Å²) in [6.07, 6.45) is 2.43. The van der Waals surface area contributed by atoms with E-state index in [4.69, 9.17) is 28.3 Å². The minimum Gasteiger partial charge on any atom is -0.478 e. The van der Waals surface area contributed by atoms with Crippen molar-refractivity contribution < 1.29 is 14.3 Å². The van der Waals surface area contributed by atoms with E-state index in [9.17, 15) is 9.18 Å². The van der Waals surface area contributed by atoms with Crippen molar-refractivity contribution in [1.82, 2.24) is 9.97 Å². The smallest absolute Gasteiger partial charge is 0.339 e. The fourth-order valence-corrected chi connectivity index (χ4v) is 2.15. The van der Waals surface area contributed by atoms with Crippen molar-refractivity contribution in [3.63, 3.8) is 0 Å². The van der Waals surface area contributed by atoms with Gasteiger partial charge in [0, 0.05) is 6.20 Å². The lowest BCUT2D eigenvalue weighted by Crippen LogP contribution is -2.10. The maximum Gasteiger partial charge on any atom is 0.339 e. The van der Waals surface area contributed by atoms with Crippen LogP contribution < -0.4 is 5.32 Å². The Morgan fingerprint density at radius 2 is 2.00 bits per heavy atom. The van der Waals surface area contributed by atoms with Crippen molar-refractivity contribution in [3.05, 3.63) is 51.8 Å². The summed E-state index contributed by atoms with van der Waals surface area (Å²) < 4.78 is 13.0. The Labute approximate surface area is 123 Å². The van der Waals surface area contributed by atoms with E-state index in [0.29, 0.717) is 5.69 Å². The first kappa shape index (κ1) is 14.5. The van der Waals surface area contributed by atoms with Crippen LogP contribution in [-0.4, -0.2) is 21.0 Å². The fraction of sp³-hybridized carbons (Fsp3) is 0.0833. The molecule has 0 radical (unpaired) electrons. The highest BCUT2D eigenvalue weighted by Crippen LogP contribution is 2.31. The molecule has 2 aromatic rings. The van der Waals surface area contributed by atoms with Crippen LogP contribution >= 0.6 is 23.2 Å². The minimum absolute atomic E-state index is 0.0330. The number of hydrogen-bond donors (Lipinski definition) is 2. The van der Waals surface area contributed by atoms with E-state index in [1.165, 1.54) is 12.5 Å². The van der Waals surface area contributed by atoms with Gasteiger partial charge >= 0.3 is 5.97 Å². The molecule has 0 saturated heterocycles. The van der Waals surface area contributed by atoms with E-state index < -0.39 is 11.8 Å². The van der Waals surface area contributed by atoms with Crippen LogP contribution in [0.25, 0.3) is 0 Å². The first-order valence-electron chi connectivity index (χ1n) is 5.39. The summed E-state index contributed by atoms with van der Waals surface area (Å²) in [6, 6.07) is 2.21. The van der Waals surface area contributed by atoms with Crippen LogP contribution in [0.1, 0.15) is 16.1 Å². The van der Waals surface area contributed by atoms with E-state index >= 15 is 0 Å². The van der Waals surface area contributed by atoms with E-state index in [0.717, 1.165) is 12.1 Å². The van der Waals surface area contributed by atoms with E-state index in [2.05, 4.69) is 15.3 Å². The van der Waals surface area contributed by atoms with Gasteiger partial charge < -0.3 is 10.4 Å². The van der Waals surface area contributed by atoms with Crippen molar-refractivity contribution >= 4 is 34.9 Å². The molecule has 0 fully saturated rings. The summed E-state index contributed by atoms with van der Waals surface area (Å²) in [5.74, 6) is -1.70. The van der Waals surface area contributed by atoms with Crippen LogP contribution in [-0.2, 0) is 6.54 Å². The number of carboxylic acids is 1. The van der Waals surface area contributed by atoms with Crippen LogP contribution in [0, 0.1) is 5.82 Å². The van der Waals surface area contributed by atoms with E-state index in [1.54, 1.807) is 0 Å². The minimum atomic E-state index is -1.14. The van der Waals surface area contributed by atoms with Crippen molar-refractivity contribution in [2.45, 2.75) is 6.54 Å². The monoisotopic (exact) mass is 315 g/mol. The number of aromatic nitrogens is 2. The van der Waals surface area contributed by atoms with Crippen molar-refractivity contribution in [2.75, 3.05) is 5.32 Å². The lowest BCUT2D eigenvalue weighted by atomic mass is 10.2. The molecule has 2 N–H and O–H groups in total. The van der Waals surface area contributed by atoms with Gasteiger partial charge in [-0.1, -0.05) is 23.2 Å². The molecule has 1 heterocycles. The summed E-state index contributed by atoms with van der Waals surface area (Å²) in [7, 11) is 0. The summed E-state index contributed by atoms with van der Waals surface area (Å²) >= 11 is 11.7. The predicted molar refractivity (Wildman–Crippen MR) is 72.7 cm³/mol. The van der Waals surface area contributed by atoms with Crippen molar-refractivity contribution in [3.8, 4) is 0 Å². The number of rotatable bonds is 4. The van der Waals surface area contributed by atoms with E-state index in [1.807, 2.05) is 0 Å². The Morgan fingerprint density at radius 3 is 2.60 bits per heavy atom. The molecule has 8 heteroatoms. The molecule has 0 aliphatic heterocycles. The Kier molecular flexibility index (Phi) is 4.36. The zero-order valence-electron chi connectivity index (χ0n) is 9.90. The molecule has 0 unspecified atom stereocenters. The number of aromatic carboxylic acids is 1. The average Bonchev–Trinajstić information content (AvgIpc) is 2.37. The fourth-order valence-electron chi connectivity index (χ4n) is 1.56.